The molecular weight excluding hydrogens is 242 g/mol. The van der Waals surface area contributed by atoms with E-state index in [1.165, 1.54) is 11.1 Å². The van der Waals surface area contributed by atoms with Gasteiger partial charge in [0.15, 0.2) is 0 Å². The number of anilines is 1. The molecule has 0 amide bonds. The summed E-state index contributed by atoms with van der Waals surface area (Å²) in [5.74, 6) is 0.401. The van der Waals surface area contributed by atoms with E-state index in [-0.39, 0.29) is 6.04 Å². The third kappa shape index (κ3) is 2.83. The van der Waals surface area contributed by atoms with E-state index in [1.54, 1.807) is 0 Å². The molecule has 2 aromatic rings. The summed E-state index contributed by atoms with van der Waals surface area (Å²) in [6, 6.07) is 19.5. The Bertz CT molecular complexity index is 596. The van der Waals surface area contributed by atoms with Gasteiger partial charge < -0.3 is 5.32 Å². The Morgan fingerprint density at radius 1 is 0.850 bits per heavy atom. The standard InChI is InChI=1S/C19H19N/c1-15-11-13-17(14-12-15)19(16-7-5-6-8-16)20-18-9-3-2-4-10-18/h2-14,16,19-20H,1H3/t19-/m0/s1. The van der Waals surface area contributed by atoms with Gasteiger partial charge in [-0.15, -0.1) is 0 Å². The molecule has 0 aromatic heterocycles. The lowest BCUT2D eigenvalue weighted by Crippen LogP contribution is -2.17. The largest absolute Gasteiger partial charge is 0.377 e. The molecule has 0 fully saturated rings. The third-order valence-electron chi connectivity index (χ3n) is 3.70. The third-order valence-corrected chi connectivity index (χ3v) is 3.70. The Morgan fingerprint density at radius 3 is 2.15 bits per heavy atom. The summed E-state index contributed by atoms with van der Waals surface area (Å²) < 4.78 is 0. The van der Waals surface area contributed by atoms with Gasteiger partial charge in [-0.05, 0) is 24.6 Å². The summed E-state index contributed by atoms with van der Waals surface area (Å²) in [7, 11) is 0. The highest BCUT2D eigenvalue weighted by molar-refractivity contribution is 5.47. The number of hydrogen-bond donors (Lipinski definition) is 1. The van der Waals surface area contributed by atoms with E-state index < -0.39 is 0 Å². The number of para-hydroxylation sites is 1. The van der Waals surface area contributed by atoms with Crippen molar-refractivity contribution in [2.45, 2.75) is 13.0 Å². The zero-order valence-electron chi connectivity index (χ0n) is 11.7. The monoisotopic (exact) mass is 261 g/mol. The lowest BCUT2D eigenvalue weighted by Gasteiger charge is -2.24. The molecule has 1 nitrogen and oxygen atoms in total. The van der Waals surface area contributed by atoms with Gasteiger partial charge in [0.25, 0.3) is 0 Å². The molecule has 0 unspecified atom stereocenters. The van der Waals surface area contributed by atoms with Crippen molar-refractivity contribution >= 4 is 5.69 Å². The molecule has 100 valence electrons. The van der Waals surface area contributed by atoms with Gasteiger partial charge in [-0.3, -0.25) is 0 Å². The van der Waals surface area contributed by atoms with Crippen LogP contribution in [0, 0.1) is 12.8 Å². The molecule has 0 heterocycles. The zero-order valence-corrected chi connectivity index (χ0v) is 11.7. The van der Waals surface area contributed by atoms with Gasteiger partial charge in [-0.2, -0.15) is 0 Å². The predicted molar refractivity (Wildman–Crippen MR) is 85.8 cm³/mol. The highest BCUT2D eigenvalue weighted by atomic mass is 14.9. The SMILES string of the molecule is Cc1ccc([C@@H](Nc2ccccc2)C2C=CC=C2)cc1. The van der Waals surface area contributed by atoms with E-state index in [4.69, 9.17) is 0 Å². The average Bonchev–Trinajstić information content (AvgIpc) is 3.01. The maximum Gasteiger partial charge on any atom is 0.0611 e. The molecule has 20 heavy (non-hydrogen) atoms. The first-order valence-corrected chi connectivity index (χ1v) is 7.06. The average molecular weight is 261 g/mol. The summed E-state index contributed by atoms with van der Waals surface area (Å²) in [5.41, 5.74) is 3.78. The van der Waals surface area contributed by atoms with Crippen molar-refractivity contribution in [3.63, 3.8) is 0 Å². The van der Waals surface area contributed by atoms with Crippen LogP contribution in [0.25, 0.3) is 0 Å². The smallest absolute Gasteiger partial charge is 0.0611 e. The zero-order chi connectivity index (χ0) is 13.8. The van der Waals surface area contributed by atoms with Gasteiger partial charge in [0.05, 0.1) is 6.04 Å². The molecule has 0 saturated carbocycles. The lowest BCUT2D eigenvalue weighted by molar-refractivity contribution is 0.668. The number of hydrogen-bond acceptors (Lipinski definition) is 1. The number of aryl methyl sites for hydroxylation is 1. The molecular formula is C19H19N. The summed E-state index contributed by atoms with van der Waals surface area (Å²) in [6.07, 6.45) is 8.75. The molecule has 0 saturated heterocycles. The second-order valence-corrected chi connectivity index (χ2v) is 5.25. The van der Waals surface area contributed by atoms with Crippen LogP contribution in [-0.4, -0.2) is 0 Å². The highest BCUT2D eigenvalue weighted by Gasteiger charge is 2.20. The second kappa shape index (κ2) is 5.79. The maximum absolute atomic E-state index is 3.65. The maximum atomic E-state index is 3.65. The fourth-order valence-corrected chi connectivity index (χ4v) is 2.56. The number of rotatable bonds is 4. The Balaban J connectivity index is 1.89. The van der Waals surface area contributed by atoms with Crippen molar-refractivity contribution in [1.82, 2.24) is 0 Å². The van der Waals surface area contributed by atoms with E-state index in [1.807, 2.05) is 6.07 Å². The first-order valence-electron chi connectivity index (χ1n) is 7.06. The van der Waals surface area contributed by atoms with E-state index in [9.17, 15) is 0 Å². The van der Waals surface area contributed by atoms with E-state index >= 15 is 0 Å². The van der Waals surface area contributed by atoms with Crippen LogP contribution in [-0.2, 0) is 0 Å². The van der Waals surface area contributed by atoms with E-state index in [0.717, 1.165) is 5.69 Å². The minimum atomic E-state index is 0.271. The van der Waals surface area contributed by atoms with Crippen molar-refractivity contribution in [2.24, 2.45) is 5.92 Å². The van der Waals surface area contributed by atoms with Crippen LogP contribution in [0.15, 0.2) is 78.9 Å². The molecule has 0 radical (unpaired) electrons. The molecule has 2 aromatic carbocycles. The first kappa shape index (κ1) is 12.7. The summed E-state index contributed by atoms with van der Waals surface area (Å²) in [6.45, 7) is 2.12. The Labute approximate surface area is 120 Å². The predicted octanol–water partition coefficient (Wildman–Crippen LogP) is 4.89. The molecule has 0 spiro atoms. The molecule has 3 rings (SSSR count). The Morgan fingerprint density at radius 2 is 1.50 bits per heavy atom. The molecule has 0 aliphatic heterocycles. The molecule has 1 aliphatic carbocycles. The molecule has 1 atom stereocenters. The normalized spacial score (nSPS) is 15.4. The number of allylic oxidation sites excluding steroid dienone is 2. The van der Waals surface area contributed by atoms with Crippen molar-refractivity contribution in [3.05, 3.63) is 90.0 Å². The van der Waals surface area contributed by atoms with Crippen LogP contribution < -0.4 is 5.32 Å². The van der Waals surface area contributed by atoms with Crippen LogP contribution in [0.1, 0.15) is 17.2 Å². The minimum Gasteiger partial charge on any atom is -0.377 e. The van der Waals surface area contributed by atoms with Crippen molar-refractivity contribution in [2.75, 3.05) is 5.32 Å². The second-order valence-electron chi connectivity index (χ2n) is 5.25. The quantitative estimate of drug-likeness (QED) is 0.826. The fraction of sp³-hybridized carbons (Fsp3) is 0.158. The highest BCUT2D eigenvalue weighted by Crippen LogP contribution is 2.31. The van der Waals surface area contributed by atoms with Crippen LogP contribution >= 0.6 is 0 Å². The first-order chi connectivity index (χ1) is 9.83. The fourth-order valence-electron chi connectivity index (χ4n) is 2.56. The Kier molecular flexibility index (Phi) is 3.69. The van der Waals surface area contributed by atoms with Gasteiger partial charge in [-0.1, -0.05) is 72.3 Å². The van der Waals surface area contributed by atoms with Gasteiger partial charge in [0.2, 0.25) is 0 Å². The van der Waals surface area contributed by atoms with Gasteiger partial charge in [0, 0.05) is 11.6 Å². The lowest BCUT2D eigenvalue weighted by atomic mass is 9.93. The van der Waals surface area contributed by atoms with Crippen molar-refractivity contribution in [1.29, 1.82) is 0 Å². The topological polar surface area (TPSA) is 12.0 Å². The number of nitrogens with one attached hydrogen (secondary N) is 1. The van der Waals surface area contributed by atoms with Crippen molar-refractivity contribution in [3.8, 4) is 0 Å². The van der Waals surface area contributed by atoms with Crippen LogP contribution in [0.5, 0.6) is 0 Å². The van der Waals surface area contributed by atoms with Crippen LogP contribution in [0.3, 0.4) is 0 Å². The van der Waals surface area contributed by atoms with Gasteiger partial charge in [0.1, 0.15) is 0 Å². The minimum absolute atomic E-state index is 0.271. The molecule has 1 aliphatic rings. The Hall–Kier alpha value is -2.28. The summed E-state index contributed by atoms with van der Waals surface area (Å²) in [4.78, 5) is 0. The van der Waals surface area contributed by atoms with E-state index in [2.05, 4.69) is 85.1 Å². The number of benzene rings is 2. The molecule has 0 bridgehead atoms. The van der Waals surface area contributed by atoms with Crippen LogP contribution in [0.2, 0.25) is 0 Å². The van der Waals surface area contributed by atoms with Crippen LogP contribution in [0.4, 0.5) is 5.69 Å². The van der Waals surface area contributed by atoms with Gasteiger partial charge >= 0.3 is 0 Å². The summed E-state index contributed by atoms with van der Waals surface area (Å²) in [5, 5.41) is 3.65. The molecule has 1 heteroatoms. The molecule has 1 N–H and O–H groups in total. The summed E-state index contributed by atoms with van der Waals surface area (Å²) >= 11 is 0. The van der Waals surface area contributed by atoms with Crippen molar-refractivity contribution < 1.29 is 0 Å². The van der Waals surface area contributed by atoms with E-state index in [0.29, 0.717) is 5.92 Å². The van der Waals surface area contributed by atoms with Gasteiger partial charge in [-0.25, -0.2) is 0 Å².